The van der Waals surface area contributed by atoms with Gasteiger partial charge in [0.2, 0.25) is 5.88 Å². The lowest BCUT2D eigenvalue weighted by Crippen LogP contribution is -2.17. The Hall–Kier alpha value is -4.31. The molecule has 4 heterocycles. The van der Waals surface area contributed by atoms with Crippen LogP contribution in [0, 0.1) is 0 Å². The molecule has 6 rings (SSSR count). The summed E-state index contributed by atoms with van der Waals surface area (Å²) in [6, 6.07) is 13.1. The Bertz CT molecular complexity index is 1630. The van der Waals surface area contributed by atoms with E-state index in [0.29, 0.717) is 41.1 Å². The van der Waals surface area contributed by atoms with Gasteiger partial charge in [-0.1, -0.05) is 17.7 Å². The monoisotopic (exact) mass is 500 g/mol. The van der Waals surface area contributed by atoms with Crippen molar-refractivity contribution in [3.8, 4) is 11.6 Å². The third kappa shape index (κ3) is 4.50. The lowest BCUT2D eigenvalue weighted by atomic mass is 10.1. The van der Waals surface area contributed by atoms with Gasteiger partial charge in [-0.05, 0) is 49.7 Å². The van der Waals surface area contributed by atoms with Gasteiger partial charge < -0.3 is 14.8 Å². The Balaban J connectivity index is 1.23. The molecule has 0 fully saturated rings. The fourth-order valence-corrected chi connectivity index (χ4v) is 4.14. The Morgan fingerprint density at radius 3 is 2.83 bits per heavy atom. The van der Waals surface area contributed by atoms with Crippen LogP contribution >= 0.6 is 11.6 Å². The summed E-state index contributed by atoms with van der Waals surface area (Å²) in [5.74, 6) is 2.24. The topological polar surface area (TPSA) is 112 Å². The average molecular weight is 501 g/mol. The third-order valence-electron chi connectivity index (χ3n) is 5.65. The zero-order valence-electron chi connectivity index (χ0n) is 19.5. The first-order valence-corrected chi connectivity index (χ1v) is 11.6. The van der Waals surface area contributed by atoms with Crippen molar-refractivity contribution >= 4 is 45.6 Å². The van der Waals surface area contributed by atoms with Gasteiger partial charge in [-0.25, -0.2) is 19.9 Å². The van der Waals surface area contributed by atoms with Crippen molar-refractivity contribution in [1.82, 2.24) is 29.5 Å². The summed E-state index contributed by atoms with van der Waals surface area (Å²) < 4.78 is 13.3. The molecule has 11 heteroatoms. The normalized spacial score (nSPS) is 14.6. The van der Waals surface area contributed by atoms with Gasteiger partial charge in [-0.3, -0.25) is 4.40 Å². The predicted molar refractivity (Wildman–Crippen MR) is 136 cm³/mol. The van der Waals surface area contributed by atoms with E-state index >= 15 is 0 Å². The maximum absolute atomic E-state index is 6.52. The van der Waals surface area contributed by atoms with Crippen LogP contribution in [-0.4, -0.2) is 47.6 Å². The molecule has 0 aliphatic carbocycles. The first-order valence-electron chi connectivity index (χ1n) is 11.3. The van der Waals surface area contributed by atoms with E-state index in [1.807, 2.05) is 18.2 Å². The third-order valence-corrected chi connectivity index (χ3v) is 5.94. The first kappa shape index (κ1) is 22.2. The van der Waals surface area contributed by atoms with E-state index in [9.17, 15) is 0 Å². The molecule has 1 aliphatic rings. The van der Waals surface area contributed by atoms with Crippen LogP contribution < -0.4 is 10.1 Å². The minimum absolute atomic E-state index is 0.184. The van der Waals surface area contributed by atoms with Crippen molar-refractivity contribution in [3.05, 3.63) is 72.0 Å². The average Bonchev–Trinajstić information content (AvgIpc) is 3.46. The molecule has 1 N–H and O–H groups in total. The Kier molecular flexibility index (Phi) is 5.37. The summed E-state index contributed by atoms with van der Waals surface area (Å²) in [6.07, 6.45) is 5.29. The van der Waals surface area contributed by atoms with E-state index in [-0.39, 0.29) is 5.54 Å². The van der Waals surface area contributed by atoms with E-state index in [1.54, 1.807) is 35.3 Å². The number of ether oxygens (including phenoxy) is 2. The van der Waals surface area contributed by atoms with Gasteiger partial charge in [-0.2, -0.15) is 0 Å². The van der Waals surface area contributed by atoms with Gasteiger partial charge >= 0.3 is 0 Å². The van der Waals surface area contributed by atoms with E-state index in [2.05, 4.69) is 55.4 Å². The van der Waals surface area contributed by atoms with Crippen molar-refractivity contribution in [2.24, 2.45) is 4.99 Å². The molecule has 10 nitrogen and oxygen atoms in total. The van der Waals surface area contributed by atoms with Gasteiger partial charge in [0.15, 0.2) is 11.5 Å². The van der Waals surface area contributed by atoms with Gasteiger partial charge in [0.1, 0.15) is 37.2 Å². The molecular weight excluding hydrogens is 480 g/mol. The Morgan fingerprint density at radius 2 is 2.00 bits per heavy atom. The number of hydrogen-bond acceptors (Lipinski definition) is 9. The van der Waals surface area contributed by atoms with Gasteiger partial charge in [0.25, 0.3) is 0 Å². The van der Waals surface area contributed by atoms with Gasteiger partial charge in [-0.15, -0.1) is 10.2 Å². The van der Waals surface area contributed by atoms with Crippen molar-refractivity contribution in [3.63, 3.8) is 0 Å². The SMILES string of the molecule is CC1(C)COC(Cc2ccc3ncnc(Nc4ccc(Oc5cc6nncn6cn5)c(Cl)c4)c3c2)=N1. The molecule has 0 amide bonds. The predicted octanol–water partition coefficient (Wildman–Crippen LogP) is 5.01. The number of aromatic nitrogens is 6. The molecule has 2 aromatic carbocycles. The summed E-state index contributed by atoms with van der Waals surface area (Å²) in [4.78, 5) is 17.8. The second-order valence-corrected chi connectivity index (χ2v) is 9.46. The number of hydrogen-bond donors (Lipinski definition) is 1. The van der Waals surface area contributed by atoms with Crippen molar-refractivity contribution in [1.29, 1.82) is 0 Å². The summed E-state index contributed by atoms with van der Waals surface area (Å²) in [7, 11) is 0. The molecule has 3 aromatic heterocycles. The van der Waals surface area contributed by atoms with Crippen molar-refractivity contribution < 1.29 is 9.47 Å². The maximum atomic E-state index is 6.52. The number of halogens is 1. The molecular formula is C25H21ClN8O2. The number of nitrogens with zero attached hydrogens (tertiary/aromatic N) is 7. The van der Waals surface area contributed by atoms with Crippen LogP contribution in [-0.2, 0) is 11.2 Å². The highest BCUT2D eigenvalue weighted by Crippen LogP contribution is 2.33. The molecule has 180 valence electrons. The Labute approximate surface area is 211 Å². The fraction of sp³-hybridized carbons (Fsp3) is 0.200. The maximum Gasteiger partial charge on any atom is 0.224 e. The standard InChI is InChI=1S/C25H21ClN8O2/c1-25(2)11-35-23(32-25)8-15-3-5-19-17(7-15)24(28-12-27-19)31-16-4-6-20(18(26)9-16)36-22-10-21-33-30-14-34(21)13-29-22/h3-7,9-10,12-14H,8,11H2,1-2H3,(H,27,28,31). The van der Waals surface area contributed by atoms with Crippen LogP contribution in [0.5, 0.6) is 11.6 Å². The summed E-state index contributed by atoms with van der Waals surface area (Å²) >= 11 is 6.52. The molecule has 0 saturated heterocycles. The van der Waals surface area contributed by atoms with Crippen LogP contribution in [0.2, 0.25) is 5.02 Å². The lowest BCUT2D eigenvalue weighted by Gasteiger charge is -2.12. The number of aliphatic imine (C=N–C) groups is 1. The second-order valence-electron chi connectivity index (χ2n) is 9.05. The molecule has 0 unspecified atom stereocenters. The lowest BCUT2D eigenvalue weighted by molar-refractivity contribution is 0.275. The van der Waals surface area contributed by atoms with E-state index in [1.165, 1.54) is 6.33 Å². The molecule has 1 aliphatic heterocycles. The largest absolute Gasteiger partial charge is 0.478 e. The number of anilines is 2. The number of rotatable bonds is 6. The number of nitrogens with one attached hydrogen (secondary N) is 1. The Morgan fingerprint density at radius 1 is 1.08 bits per heavy atom. The molecule has 5 aromatic rings. The zero-order valence-corrected chi connectivity index (χ0v) is 20.3. The molecule has 36 heavy (non-hydrogen) atoms. The summed E-state index contributed by atoms with van der Waals surface area (Å²) in [5, 5.41) is 12.5. The molecule has 0 saturated carbocycles. The van der Waals surface area contributed by atoms with Crippen LogP contribution in [0.3, 0.4) is 0 Å². The molecule has 0 atom stereocenters. The van der Waals surface area contributed by atoms with Crippen LogP contribution in [0.4, 0.5) is 11.5 Å². The van der Waals surface area contributed by atoms with Crippen LogP contribution in [0.15, 0.2) is 66.4 Å². The van der Waals surface area contributed by atoms with Crippen molar-refractivity contribution in [2.45, 2.75) is 25.8 Å². The quantitative estimate of drug-likeness (QED) is 0.346. The van der Waals surface area contributed by atoms with E-state index in [4.69, 9.17) is 21.1 Å². The minimum atomic E-state index is -0.184. The number of benzene rings is 2. The summed E-state index contributed by atoms with van der Waals surface area (Å²) in [5.41, 5.74) is 3.09. The van der Waals surface area contributed by atoms with Crippen LogP contribution in [0.25, 0.3) is 16.6 Å². The van der Waals surface area contributed by atoms with E-state index in [0.717, 1.165) is 28.1 Å². The van der Waals surface area contributed by atoms with Crippen LogP contribution in [0.1, 0.15) is 19.4 Å². The molecule has 0 bridgehead atoms. The highest BCUT2D eigenvalue weighted by Gasteiger charge is 2.26. The fourth-order valence-electron chi connectivity index (χ4n) is 3.92. The minimum Gasteiger partial charge on any atom is -0.478 e. The van der Waals surface area contributed by atoms with Gasteiger partial charge in [0, 0.05) is 23.6 Å². The zero-order chi connectivity index (χ0) is 24.7. The smallest absolute Gasteiger partial charge is 0.224 e. The highest BCUT2D eigenvalue weighted by molar-refractivity contribution is 6.32. The molecule has 0 radical (unpaired) electrons. The second kappa shape index (κ2) is 8.72. The number of fused-ring (bicyclic) bond motifs is 2. The highest BCUT2D eigenvalue weighted by atomic mass is 35.5. The van der Waals surface area contributed by atoms with Gasteiger partial charge in [0.05, 0.1) is 16.1 Å². The molecule has 0 spiro atoms. The van der Waals surface area contributed by atoms with E-state index < -0.39 is 0 Å². The summed E-state index contributed by atoms with van der Waals surface area (Å²) in [6.45, 7) is 4.71. The van der Waals surface area contributed by atoms with Crippen molar-refractivity contribution in [2.75, 3.05) is 11.9 Å². The first-order chi connectivity index (χ1) is 17.4.